The summed E-state index contributed by atoms with van der Waals surface area (Å²) in [6.07, 6.45) is 7.12. The molecular weight excluding hydrogens is 308 g/mol. The van der Waals surface area contributed by atoms with Crippen LogP contribution in [-0.4, -0.2) is 43.8 Å². The molecule has 1 heterocycles. The van der Waals surface area contributed by atoms with Crippen molar-refractivity contribution < 1.29 is 4.74 Å². The minimum atomic E-state index is 0.253. The van der Waals surface area contributed by atoms with Crippen LogP contribution >= 0.6 is 11.3 Å². The van der Waals surface area contributed by atoms with Gasteiger partial charge in [0.25, 0.3) is 0 Å². The van der Waals surface area contributed by atoms with E-state index in [0.29, 0.717) is 6.61 Å². The highest BCUT2D eigenvalue weighted by atomic mass is 32.1. The Bertz CT molecular complexity index is 477. The Kier molecular flexibility index (Phi) is 7.82. The average Bonchev–Trinajstić information content (AvgIpc) is 2.94. The minimum absolute atomic E-state index is 0.253. The molecule has 6 heteroatoms. The van der Waals surface area contributed by atoms with E-state index in [4.69, 9.17) is 9.72 Å². The first kappa shape index (κ1) is 18.2. The lowest BCUT2D eigenvalue weighted by Gasteiger charge is -2.16. The lowest BCUT2D eigenvalue weighted by Crippen LogP contribution is -2.44. The van der Waals surface area contributed by atoms with Gasteiger partial charge in [0, 0.05) is 37.5 Å². The fourth-order valence-corrected chi connectivity index (χ4v) is 3.98. The van der Waals surface area contributed by atoms with Crippen molar-refractivity contribution in [3.63, 3.8) is 0 Å². The van der Waals surface area contributed by atoms with Gasteiger partial charge in [0.05, 0.1) is 17.3 Å². The molecule has 5 nitrogen and oxygen atoms in total. The number of aryl methyl sites for hydroxylation is 3. The second-order valence-electron chi connectivity index (χ2n) is 6.05. The van der Waals surface area contributed by atoms with Gasteiger partial charge >= 0.3 is 0 Å². The van der Waals surface area contributed by atoms with Crippen molar-refractivity contribution >= 4 is 17.3 Å². The first-order valence-electron chi connectivity index (χ1n) is 8.74. The third-order valence-corrected chi connectivity index (χ3v) is 5.07. The molecule has 1 aliphatic rings. The molecule has 130 valence electrons. The van der Waals surface area contributed by atoms with Crippen LogP contribution in [0.4, 0.5) is 0 Å². The zero-order valence-corrected chi connectivity index (χ0v) is 15.5. The molecule has 0 aliphatic heterocycles. The fraction of sp³-hybridized carbons (Fsp3) is 0.765. The smallest absolute Gasteiger partial charge is 0.191 e. The Morgan fingerprint density at radius 1 is 1.39 bits per heavy atom. The highest BCUT2D eigenvalue weighted by Crippen LogP contribution is 2.27. The molecule has 0 bridgehead atoms. The van der Waals surface area contributed by atoms with Crippen LogP contribution in [0.5, 0.6) is 0 Å². The van der Waals surface area contributed by atoms with Gasteiger partial charge in [-0.25, -0.2) is 4.98 Å². The first-order valence-corrected chi connectivity index (χ1v) is 9.55. The van der Waals surface area contributed by atoms with E-state index in [1.54, 1.807) is 7.11 Å². The summed E-state index contributed by atoms with van der Waals surface area (Å²) < 4.78 is 5.15. The normalized spacial score (nSPS) is 16.0. The average molecular weight is 339 g/mol. The monoisotopic (exact) mass is 338 g/mol. The third kappa shape index (κ3) is 6.11. The summed E-state index contributed by atoms with van der Waals surface area (Å²) in [5, 5.41) is 7.93. The summed E-state index contributed by atoms with van der Waals surface area (Å²) in [7, 11) is 1.72. The van der Waals surface area contributed by atoms with Crippen molar-refractivity contribution in [3.05, 3.63) is 15.6 Å². The quantitative estimate of drug-likeness (QED) is 0.434. The number of ether oxygens (including phenoxy) is 1. The molecule has 0 fully saturated rings. The van der Waals surface area contributed by atoms with Gasteiger partial charge < -0.3 is 15.4 Å². The number of rotatable bonds is 8. The van der Waals surface area contributed by atoms with E-state index < -0.39 is 0 Å². The topological polar surface area (TPSA) is 58.5 Å². The number of guanidine groups is 1. The number of fused-ring (bicyclic) bond motifs is 1. The van der Waals surface area contributed by atoms with E-state index in [0.717, 1.165) is 31.9 Å². The van der Waals surface area contributed by atoms with E-state index in [1.807, 2.05) is 11.3 Å². The molecule has 1 atom stereocenters. The summed E-state index contributed by atoms with van der Waals surface area (Å²) in [5.74, 6) is 0.871. The van der Waals surface area contributed by atoms with Crippen molar-refractivity contribution in [3.8, 4) is 0 Å². The molecule has 2 rings (SSSR count). The van der Waals surface area contributed by atoms with E-state index in [9.17, 15) is 0 Å². The Morgan fingerprint density at radius 2 is 2.22 bits per heavy atom. The summed E-state index contributed by atoms with van der Waals surface area (Å²) in [4.78, 5) is 11.0. The highest BCUT2D eigenvalue weighted by Gasteiger charge is 2.14. The zero-order chi connectivity index (χ0) is 16.5. The largest absolute Gasteiger partial charge is 0.383 e. The number of hydrogen-bond acceptors (Lipinski definition) is 4. The van der Waals surface area contributed by atoms with Crippen LogP contribution in [0.15, 0.2) is 4.99 Å². The van der Waals surface area contributed by atoms with Crippen molar-refractivity contribution in [2.24, 2.45) is 4.99 Å². The maximum Gasteiger partial charge on any atom is 0.191 e. The minimum Gasteiger partial charge on any atom is -0.383 e. The molecule has 0 saturated carbocycles. The van der Waals surface area contributed by atoms with E-state index in [2.05, 4.69) is 29.5 Å². The Hall–Kier alpha value is -1.14. The maximum absolute atomic E-state index is 5.15. The predicted molar refractivity (Wildman–Crippen MR) is 97.5 cm³/mol. The second kappa shape index (κ2) is 9.88. The van der Waals surface area contributed by atoms with Crippen molar-refractivity contribution in [1.29, 1.82) is 0 Å². The first-order chi connectivity index (χ1) is 11.2. The van der Waals surface area contributed by atoms with E-state index >= 15 is 0 Å². The maximum atomic E-state index is 5.15. The standard InChI is InChI=1S/C17H30N4OS/c1-4-18-17(20-13(2)12-22-3)19-11-7-10-16-21-14-8-5-6-9-15(14)23-16/h13H,4-12H2,1-3H3,(H2,18,19,20). The van der Waals surface area contributed by atoms with Crippen molar-refractivity contribution in [2.75, 3.05) is 26.8 Å². The molecule has 0 saturated heterocycles. The molecule has 0 radical (unpaired) electrons. The molecule has 1 aromatic rings. The molecule has 0 aromatic carbocycles. The number of nitrogens with zero attached hydrogens (tertiary/aromatic N) is 2. The molecule has 1 aliphatic carbocycles. The highest BCUT2D eigenvalue weighted by molar-refractivity contribution is 7.11. The molecule has 0 spiro atoms. The number of thiazole rings is 1. The van der Waals surface area contributed by atoms with Crippen molar-refractivity contribution in [1.82, 2.24) is 15.6 Å². The van der Waals surface area contributed by atoms with Gasteiger partial charge in [-0.1, -0.05) is 0 Å². The zero-order valence-electron chi connectivity index (χ0n) is 14.7. The molecular formula is C17H30N4OS. The second-order valence-corrected chi connectivity index (χ2v) is 7.22. The van der Waals surface area contributed by atoms with Gasteiger partial charge in [-0.3, -0.25) is 4.99 Å². The van der Waals surface area contributed by atoms with Gasteiger partial charge in [0.15, 0.2) is 5.96 Å². The van der Waals surface area contributed by atoms with E-state index in [-0.39, 0.29) is 6.04 Å². The van der Waals surface area contributed by atoms with Crippen molar-refractivity contribution in [2.45, 2.75) is 58.4 Å². The SMILES string of the molecule is CCNC(=NCCCc1nc2c(s1)CCCC2)NC(C)COC. The van der Waals surface area contributed by atoms with Gasteiger partial charge in [-0.05, 0) is 46.0 Å². The number of methoxy groups -OCH3 is 1. The third-order valence-electron chi connectivity index (χ3n) is 3.85. The molecule has 23 heavy (non-hydrogen) atoms. The van der Waals surface area contributed by atoms with Crippen LogP contribution in [0.2, 0.25) is 0 Å². The number of hydrogen-bond donors (Lipinski definition) is 2. The Morgan fingerprint density at radius 3 is 2.96 bits per heavy atom. The van der Waals surface area contributed by atoms with Gasteiger partial charge in [-0.15, -0.1) is 11.3 Å². The summed E-state index contributed by atoms with van der Waals surface area (Å²) in [6, 6.07) is 0.253. The summed E-state index contributed by atoms with van der Waals surface area (Å²) in [5.41, 5.74) is 1.36. The lowest BCUT2D eigenvalue weighted by atomic mass is 10.0. The number of aromatic nitrogens is 1. The van der Waals surface area contributed by atoms with Gasteiger partial charge in [0.1, 0.15) is 0 Å². The van der Waals surface area contributed by atoms with Crippen LogP contribution in [0.1, 0.15) is 48.7 Å². The number of nitrogens with one attached hydrogen (secondary N) is 2. The molecule has 1 unspecified atom stereocenters. The van der Waals surface area contributed by atoms with Crippen LogP contribution in [-0.2, 0) is 24.0 Å². The fourth-order valence-electron chi connectivity index (χ4n) is 2.78. The molecule has 1 aromatic heterocycles. The lowest BCUT2D eigenvalue weighted by molar-refractivity contribution is 0.179. The van der Waals surface area contributed by atoms with Gasteiger partial charge in [-0.2, -0.15) is 0 Å². The Balaban J connectivity index is 1.77. The molecule has 0 amide bonds. The van der Waals surface area contributed by atoms with Crippen LogP contribution < -0.4 is 10.6 Å². The Labute approximate surface area is 144 Å². The summed E-state index contributed by atoms with van der Waals surface area (Å²) in [6.45, 7) is 6.54. The van der Waals surface area contributed by atoms with E-state index in [1.165, 1.54) is 41.3 Å². The van der Waals surface area contributed by atoms with Crippen LogP contribution in [0.3, 0.4) is 0 Å². The molecule has 2 N–H and O–H groups in total. The summed E-state index contributed by atoms with van der Waals surface area (Å²) >= 11 is 1.91. The number of aliphatic imine (C=N–C) groups is 1. The van der Waals surface area contributed by atoms with Crippen LogP contribution in [0.25, 0.3) is 0 Å². The van der Waals surface area contributed by atoms with Crippen LogP contribution in [0, 0.1) is 0 Å². The van der Waals surface area contributed by atoms with Gasteiger partial charge in [0.2, 0.25) is 0 Å². The predicted octanol–water partition coefficient (Wildman–Crippen LogP) is 2.54.